The Morgan fingerprint density at radius 1 is 0.837 bits per heavy atom. The highest BCUT2D eigenvalue weighted by atomic mass is 16.6. The van der Waals surface area contributed by atoms with Crippen LogP contribution in [-0.2, 0) is 52.4 Å². The van der Waals surface area contributed by atoms with Crippen molar-refractivity contribution in [2.24, 2.45) is 16.7 Å². The zero-order valence-electron chi connectivity index (χ0n) is 26.0. The molecule has 2 saturated carbocycles. The van der Waals surface area contributed by atoms with Crippen molar-refractivity contribution in [3.63, 3.8) is 0 Å². The van der Waals surface area contributed by atoms with E-state index < -0.39 is 94.4 Å². The maximum Gasteiger partial charge on any atom is 0.303 e. The molecule has 240 valence electrons. The summed E-state index contributed by atoms with van der Waals surface area (Å²) in [6, 6.07) is 0. The number of carbonyl (C=O) groups is 5. The summed E-state index contributed by atoms with van der Waals surface area (Å²) in [4.78, 5) is 62.7. The first kappa shape index (κ1) is 32.9. The molecule has 0 unspecified atom stereocenters. The predicted molar refractivity (Wildman–Crippen MR) is 145 cm³/mol. The van der Waals surface area contributed by atoms with Crippen molar-refractivity contribution in [2.45, 2.75) is 123 Å². The highest BCUT2D eigenvalue weighted by molar-refractivity contribution is 5.70. The smallest absolute Gasteiger partial charge is 0.303 e. The van der Waals surface area contributed by atoms with Crippen molar-refractivity contribution in [1.29, 1.82) is 0 Å². The fraction of sp³-hybridized carbons (Fsp3) is 0.767. The van der Waals surface area contributed by atoms with E-state index in [0.717, 1.165) is 6.92 Å². The first-order chi connectivity index (χ1) is 19.7. The highest BCUT2D eigenvalue weighted by Crippen LogP contribution is 2.65. The van der Waals surface area contributed by atoms with Crippen LogP contribution in [0.15, 0.2) is 11.1 Å². The van der Waals surface area contributed by atoms with Crippen LogP contribution >= 0.6 is 0 Å². The van der Waals surface area contributed by atoms with Crippen LogP contribution < -0.4 is 0 Å². The van der Waals surface area contributed by atoms with Crippen molar-refractivity contribution < 1.29 is 62.6 Å². The number of carbonyl (C=O) groups excluding carboxylic acids is 5. The lowest BCUT2D eigenvalue weighted by Crippen LogP contribution is -2.82. The van der Waals surface area contributed by atoms with Gasteiger partial charge < -0.3 is 38.6 Å². The molecule has 2 bridgehead atoms. The lowest BCUT2D eigenvalue weighted by molar-refractivity contribution is -0.366. The minimum Gasteiger partial charge on any atom is -0.462 e. The Labute approximate surface area is 250 Å². The lowest BCUT2D eigenvalue weighted by atomic mass is 9.44. The standard InChI is InChI=1S/C30H42O13/c1-13-19(39-14(2)31)11-30(37)25(36)24-28(9,20(40-15(3)32)10-21-29(24,12-38-21)43-18(6)35)26(42-17(5)34)23(41-16(4)33)22(13)27(30,7)8/h19-21,23-26,36-37H,10-12H2,1-9H3/t19-,20-,21+,23+,24-,25-,26-,28+,29-,30+/m0/s1. The Hall–Kier alpha value is -3.03. The topological polar surface area (TPSA) is 181 Å². The second-order valence-electron chi connectivity index (χ2n) is 13.0. The fourth-order valence-electron chi connectivity index (χ4n) is 8.28. The van der Waals surface area contributed by atoms with Gasteiger partial charge in [0, 0.05) is 58.8 Å². The second-order valence-corrected chi connectivity index (χ2v) is 13.0. The van der Waals surface area contributed by atoms with E-state index in [9.17, 15) is 34.2 Å². The number of rotatable bonds is 5. The number of fused-ring (bicyclic) bond motifs is 5. The fourth-order valence-corrected chi connectivity index (χ4v) is 8.28. The summed E-state index contributed by atoms with van der Waals surface area (Å²) in [6.07, 6.45) is -7.98. The van der Waals surface area contributed by atoms with Crippen molar-refractivity contribution >= 4 is 29.8 Å². The molecule has 2 N–H and O–H groups in total. The first-order valence-corrected chi connectivity index (χ1v) is 14.4. The second kappa shape index (κ2) is 10.8. The molecule has 0 radical (unpaired) electrons. The van der Waals surface area contributed by atoms with Gasteiger partial charge in [0.2, 0.25) is 0 Å². The van der Waals surface area contributed by atoms with Gasteiger partial charge >= 0.3 is 29.8 Å². The van der Waals surface area contributed by atoms with Crippen molar-refractivity contribution in [3.05, 3.63) is 11.1 Å². The van der Waals surface area contributed by atoms with Crippen LogP contribution in [0.25, 0.3) is 0 Å². The summed E-state index contributed by atoms with van der Waals surface area (Å²) in [5.41, 5.74) is -6.02. The van der Waals surface area contributed by atoms with Gasteiger partial charge in [-0.2, -0.15) is 0 Å². The average molecular weight is 611 g/mol. The molecule has 13 heteroatoms. The molecule has 1 aliphatic heterocycles. The summed E-state index contributed by atoms with van der Waals surface area (Å²) in [7, 11) is 0. The highest BCUT2D eigenvalue weighted by Gasteiger charge is 2.78. The number of ether oxygens (including phenoxy) is 6. The Morgan fingerprint density at radius 3 is 1.86 bits per heavy atom. The average Bonchev–Trinajstić information content (AvgIpc) is 2.84. The molecule has 4 aliphatic rings. The van der Waals surface area contributed by atoms with Gasteiger partial charge in [-0.05, 0) is 18.1 Å². The number of hydrogen-bond donors (Lipinski definition) is 2. The first-order valence-electron chi connectivity index (χ1n) is 14.4. The summed E-state index contributed by atoms with van der Waals surface area (Å²) < 4.78 is 35.1. The maximum atomic E-state index is 12.8. The van der Waals surface area contributed by atoms with Gasteiger partial charge in [0.25, 0.3) is 0 Å². The van der Waals surface area contributed by atoms with E-state index >= 15 is 0 Å². The van der Waals surface area contributed by atoms with Gasteiger partial charge in [-0.25, -0.2) is 0 Å². The Morgan fingerprint density at radius 2 is 1.40 bits per heavy atom. The van der Waals surface area contributed by atoms with Gasteiger partial charge in [0.1, 0.15) is 23.9 Å². The van der Waals surface area contributed by atoms with Crippen LogP contribution in [-0.4, -0.2) is 94.5 Å². The monoisotopic (exact) mass is 610 g/mol. The third-order valence-corrected chi connectivity index (χ3v) is 10.0. The predicted octanol–water partition coefficient (Wildman–Crippen LogP) is 1.29. The van der Waals surface area contributed by atoms with Crippen molar-refractivity contribution in [3.8, 4) is 0 Å². The van der Waals surface area contributed by atoms with E-state index in [2.05, 4.69) is 0 Å². The zero-order chi connectivity index (χ0) is 32.4. The Balaban J connectivity index is 2.16. The van der Waals surface area contributed by atoms with Crippen molar-refractivity contribution in [2.75, 3.05) is 6.61 Å². The number of esters is 5. The molecule has 0 spiro atoms. The van der Waals surface area contributed by atoms with Crippen molar-refractivity contribution in [1.82, 2.24) is 0 Å². The van der Waals surface area contributed by atoms with Gasteiger partial charge in [0.15, 0.2) is 17.8 Å². The minimum absolute atomic E-state index is 0.0208. The van der Waals surface area contributed by atoms with Crippen LogP contribution in [0, 0.1) is 16.7 Å². The lowest BCUT2D eigenvalue weighted by Gasteiger charge is -2.69. The maximum absolute atomic E-state index is 12.8. The van der Waals surface area contributed by atoms with Gasteiger partial charge in [0.05, 0.1) is 18.1 Å². The van der Waals surface area contributed by atoms with Crippen LogP contribution in [0.4, 0.5) is 0 Å². The van der Waals surface area contributed by atoms with E-state index in [1.165, 1.54) is 27.7 Å². The van der Waals surface area contributed by atoms with Crippen LogP contribution in [0.2, 0.25) is 0 Å². The molecule has 3 fully saturated rings. The van der Waals surface area contributed by atoms with Crippen LogP contribution in [0.5, 0.6) is 0 Å². The summed E-state index contributed by atoms with van der Waals surface area (Å²) in [5.74, 6) is -4.87. The Kier molecular flexibility index (Phi) is 8.29. The molecule has 10 atom stereocenters. The van der Waals surface area contributed by atoms with Gasteiger partial charge in [-0.15, -0.1) is 0 Å². The minimum atomic E-state index is -2.11. The normalized spacial score (nSPS) is 41.1. The molecule has 0 aromatic carbocycles. The largest absolute Gasteiger partial charge is 0.462 e. The molecule has 1 heterocycles. The number of hydrogen-bond acceptors (Lipinski definition) is 13. The van der Waals surface area contributed by atoms with E-state index in [1.54, 1.807) is 27.7 Å². The van der Waals surface area contributed by atoms with Crippen LogP contribution in [0.1, 0.15) is 75.2 Å². The number of aliphatic hydroxyl groups is 2. The molecule has 3 aliphatic carbocycles. The molecule has 0 amide bonds. The third-order valence-electron chi connectivity index (χ3n) is 10.0. The summed E-state index contributed by atoms with van der Waals surface area (Å²) >= 11 is 0. The summed E-state index contributed by atoms with van der Waals surface area (Å²) in [5, 5.41) is 25.3. The molecule has 4 rings (SSSR count). The molecule has 0 aromatic rings. The van der Waals surface area contributed by atoms with Gasteiger partial charge in [-0.3, -0.25) is 24.0 Å². The molecule has 1 saturated heterocycles. The van der Waals surface area contributed by atoms with E-state index in [4.69, 9.17) is 28.4 Å². The molecular formula is C30H42O13. The SMILES string of the molecule is CC(=O)O[C@H]1C[C@@]2(O)[C@@H](O)[C@@H]3[C@]4(OC(C)=O)CO[C@@H]4C[C@H](OC(C)=O)[C@@]3(C)[C@@H](OC(C)=O)[C@H](OC(C)=O)C(=C1C)C2(C)C. The van der Waals surface area contributed by atoms with E-state index in [-0.39, 0.29) is 25.0 Å². The molecular weight excluding hydrogens is 568 g/mol. The van der Waals surface area contributed by atoms with Crippen LogP contribution in [0.3, 0.4) is 0 Å². The third kappa shape index (κ3) is 4.93. The molecule has 0 aromatic heterocycles. The summed E-state index contributed by atoms with van der Waals surface area (Å²) in [6.45, 7) is 12.3. The van der Waals surface area contributed by atoms with E-state index in [1.807, 2.05) is 0 Å². The zero-order valence-corrected chi connectivity index (χ0v) is 26.0. The Bertz CT molecular complexity index is 1250. The van der Waals surface area contributed by atoms with E-state index in [0.29, 0.717) is 5.57 Å². The molecule has 13 nitrogen and oxygen atoms in total. The van der Waals surface area contributed by atoms with Gasteiger partial charge in [-0.1, -0.05) is 20.8 Å². The number of aliphatic hydroxyl groups excluding tert-OH is 1. The molecule has 43 heavy (non-hydrogen) atoms. The quantitative estimate of drug-likeness (QED) is 0.258.